The number of hydrogen-bond donors (Lipinski definition) is 1. The topological polar surface area (TPSA) is 15.3 Å². The van der Waals surface area contributed by atoms with Gasteiger partial charge in [-0.3, -0.25) is 4.90 Å². The van der Waals surface area contributed by atoms with E-state index in [0.717, 1.165) is 17.9 Å². The van der Waals surface area contributed by atoms with E-state index in [0.29, 0.717) is 6.04 Å². The molecule has 1 saturated heterocycles. The van der Waals surface area contributed by atoms with Crippen LogP contribution in [0, 0.1) is 11.8 Å². The molecule has 1 N–H and O–H groups in total. The Morgan fingerprint density at radius 2 is 1.79 bits per heavy atom. The molecule has 1 heterocycles. The largest absolute Gasteiger partial charge is 0.312 e. The van der Waals surface area contributed by atoms with Crippen LogP contribution in [-0.4, -0.2) is 36.6 Å². The van der Waals surface area contributed by atoms with Gasteiger partial charge in [0, 0.05) is 25.2 Å². The number of hydrogen-bond acceptors (Lipinski definition) is 2. The molecule has 2 nitrogen and oxygen atoms in total. The Kier molecular flexibility index (Phi) is 6.15. The van der Waals surface area contributed by atoms with Gasteiger partial charge in [0.15, 0.2) is 0 Å². The minimum atomic E-state index is 0.702. The summed E-state index contributed by atoms with van der Waals surface area (Å²) in [6, 6.07) is 1.44. The summed E-state index contributed by atoms with van der Waals surface area (Å²) in [4.78, 5) is 2.68. The van der Waals surface area contributed by atoms with Crippen molar-refractivity contribution in [1.29, 1.82) is 0 Å². The SMILES string of the molecule is CCC1CC(NCC2CCCCC2)CN(C(C)C)C1. The number of nitrogens with one attached hydrogen (secondary N) is 1. The summed E-state index contributed by atoms with van der Waals surface area (Å²) in [5.41, 5.74) is 0. The Hall–Kier alpha value is -0.0800. The maximum Gasteiger partial charge on any atom is 0.0198 e. The van der Waals surface area contributed by atoms with E-state index < -0.39 is 0 Å². The van der Waals surface area contributed by atoms with Gasteiger partial charge in [-0.25, -0.2) is 0 Å². The van der Waals surface area contributed by atoms with Crippen LogP contribution in [0.15, 0.2) is 0 Å². The van der Waals surface area contributed by atoms with Crippen LogP contribution in [0.3, 0.4) is 0 Å². The van der Waals surface area contributed by atoms with Crippen molar-refractivity contribution in [2.24, 2.45) is 11.8 Å². The van der Waals surface area contributed by atoms with Crippen LogP contribution in [-0.2, 0) is 0 Å². The molecule has 112 valence electrons. The molecule has 1 saturated carbocycles. The number of likely N-dealkylation sites (tertiary alicyclic amines) is 1. The van der Waals surface area contributed by atoms with E-state index >= 15 is 0 Å². The van der Waals surface area contributed by atoms with Crippen LogP contribution < -0.4 is 5.32 Å². The first kappa shape index (κ1) is 15.3. The van der Waals surface area contributed by atoms with Crippen LogP contribution in [0.4, 0.5) is 0 Å². The first-order chi connectivity index (χ1) is 9.19. The molecule has 0 aromatic heterocycles. The maximum absolute atomic E-state index is 3.90. The second kappa shape index (κ2) is 7.64. The van der Waals surface area contributed by atoms with Gasteiger partial charge in [-0.1, -0.05) is 32.6 Å². The van der Waals surface area contributed by atoms with Gasteiger partial charge in [-0.15, -0.1) is 0 Å². The van der Waals surface area contributed by atoms with Crippen LogP contribution >= 0.6 is 0 Å². The molecule has 2 rings (SSSR count). The first-order valence-corrected chi connectivity index (χ1v) is 8.66. The zero-order chi connectivity index (χ0) is 13.7. The summed E-state index contributed by atoms with van der Waals surface area (Å²) in [5, 5.41) is 3.90. The lowest BCUT2D eigenvalue weighted by Crippen LogP contribution is -2.52. The smallest absolute Gasteiger partial charge is 0.0198 e. The monoisotopic (exact) mass is 266 g/mol. The number of piperidine rings is 1. The summed E-state index contributed by atoms with van der Waals surface area (Å²) >= 11 is 0. The van der Waals surface area contributed by atoms with Gasteiger partial charge in [-0.2, -0.15) is 0 Å². The molecule has 1 aliphatic carbocycles. The summed E-state index contributed by atoms with van der Waals surface area (Å²) in [7, 11) is 0. The molecule has 0 aromatic carbocycles. The fraction of sp³-hybridized carbons (Fsp3) is 1.00. The van der Waals surface area contributed by atoms with Gasteiger partial charge >= 0.3 is 0 Å². The molecule has 2 unspecified atom stereocenters. The Bertz CT molecular complexity index is 246. The van der Waals surface area contributed by atoms with Crippen molar-refractivity contribution in [3.63, 3.8) is 0 Å². The first-order valence-electron chi connectivity index (χ1n) is 8.66. The van der Waals surface area contributed by atoms with E-state index in [-0.39, 0.29) is 0 Å². The third-order valence-corrected chi connectivity index (χ3v) is 5.29. The van der Waals surface area contributed by atoms with Gasteiger partial charge in [0.1, 0.15) is 0 Å². The molecular weight excluding hydrogens is 232 g/mol. The fourth-order valence-corrected chi connectivity index (χ4v) is 3.83. The Morgan fingerprint density at radius 1 is 1.05 bits per heavy atom. The molecule has 2 aliphatic rings. The molecule has 0 amide bonds. The highest BCUT2D eigenvalue weighted by molar-refractivity contribution is 4.85. The van der Waals surface area contributed by atoms with E-state index in [1.54, 1.807) is 0 Å². The minimum absolute atomic E-state index is 0.702. The molecule has 2 fully saturated rings. The van der Waals surface area contributed by atoms with E-state index in [9.17, 15) is 0 Å². The van der Waals surface area contributed by atoms with Gasteiger partial charge < -0.3 is 5.32 Å². The second-order valence-corrected chi connectivity index (χ2v) is 7.17. The Balaban J connectivity index is 1.77. The van der Waals surface area contributed by atoms with Crippen molar-refractivity contribution in [3.8, 4) is 0 Å². The van der Waals surface area contributed by atoms with E-state index in [1.807, 2.05) is 0 Å². The molecule has 2 atom stereocenters. The average Bonchev–Trinajstić information content (AvgIpc) is 2.45. The van der Waals surface area contributed by atoms with Crippen molar-refractivity contribution in [2.75, 3.05) is 19.6 Å². The zero-order valence-corrected chi connectivity index (χ0v) is 13.3. The minimum Gasteiger partial charge on any atom is -0.312 e. The van der Waals surface area contributed by atoms with Crippen molar-refractivity contribution in [2.45, 2.75) is 77.8 Å². The van der Waals surface area contributed by atoms with Crippen molar-refractivity contribution in [3.05, 3.63) is 0 Å². The third kappa shape index (κ3) is 4.75. The van der Waals surface area contributed by atoms with E-state index in [2.05, 4.69) is 31.0 Å². The van der Waals surface area contributed by atoms with Gasteiger partial charge in [0.05, 0.1) is 0 Å². The molecule has 0 aromatic rings. The zero-order valence-electron chi connectivity index (χ0n) is 13.3. The molecular formula is C17H34N2. The Morgan fingerprint density at radius 3 is 2.42 bits per heavy atom. The maximum atomic E-state index is 3.90. The average molecular weight is 266 g/mol. The van der Waals surface area contributed by atoms with Crippen molar-refractivity contribution >= 4 is 0 Å². The van der Waals surface area contributed by atoms with Crippen molar-refractivity contribution < 1.29 is 0 Å². The highest BCUT2D eigenvalue weighted by atomic mass is 15.2. The molecule has 19 heavy (non-hydrogen) atoms. The molecule has 1 aliphatic heterocycles. The van der Waals surface area contributed by atoms with Crippen molar-refractivity contribution in [1.82, 2.24) is 10.2 Å². The summed E-state index contributed by atoms with van der Waals surface area (Å²) in [6.07, 6.45) is 10.1. The molecule has 0 spiro atoms. The lowest BCUT2D eigenvalue weighted by atomic mass is 9.88. The quantitative estimate of drug-likeness (QED) is 0.817. The second-order valence-electron chi connectivity index (χ2n) is 7.17. The van der Waals surface area contributed by atoms with Crippen LogP contribution in [0.1, 0.15) is 65.7 Å². The van der Waals surface area contributed by atoms with E-state index in [4.69, 9.17) is 0 Å². The Labute approximate surface area is 120 Å². The molecule has 0 radical (unpaired) electrons. The summed E-state index contributed by atoms with van der Waals surface area (Å²) in [6.45, 7) is 10.9. The number of nitrogens with zero attached hydrogens (tertiary/aromatic N) is 1. The van der Waals surface area contributed by atoms with E-state index in [1.165, 1.54) is 64.6 Å². The standard InChI is InChI=1S/C17H34N2/c1-4-15-10-17(13-19(12-15)14(2)3)18-11-16-8-6-5-7-9-16/h14-18H,4-13H2,1-3H3. The predicted octanol–water partition coefficient (Wildman–Crippen LogP) is 3.67. The van der Waals surface area contributed by atoms with Gasteiger partial charge in [-0.05, 0) is 51.5 Å². The van der Waals surface area contributed by atoms with Crippen LogP contribution in [0.2, 0.25) is 0 Å². The van der Waals surface area contributed by atoms with Crippen LogP contribution in [0.5, 0.6) is 0 Å². The normalized spacial score (nSPS) is 30.9. The summed E-state index contributed by atoms with van der Waals surface area (Å²) < 4.78 is 0. The highest BCUT2D eigenvalue weighted by Gasteiger charge is 2.27. The van der Waals surface area contributed by atoms with Gasteiger partial charge in [0.25, 0.3) is 0 Å². The van der Waals surface area contributed by atoms with Gasteiger partial charge in [0.2, 0.25) is 0 Å². The molecule has 0 bridgehead atoms. The number of rotatable bonds is 5. The third-order valence-electron chi connectivity index (χ3n) is 5.29. The van der Waals surface area contributed by atoms with Crippen LogP contribution in [0.25, 0.3) is 0 Å². The highest BCUT2D eigenvalue weighted by Crippen LogP contribution is 2.25. The lowest BCUT2D eigenvalue weighted by Gasteiger charge is -2.40. The predicted molar refractivity (Wildman–Crippen MR) is 83.5 cm³/mol. The molecule has 2 heteroatoms. The summed E-state index contributed by atoms with van der Waals surface area (Å²) in [5.74, 6) is 1.86. The fourth-order valence-electron chi connectivity index (χ4n) is 3.83. The lowest BCUT2D eigenvalue weighted by molar-refractivity contribution is 0.107.